The molecule has 6 heteroatoms. The van der Waals surface area contributed by atoms with Gasteiger partial charge < -0.3 is 20.1 Å². The van der Waals surface area contributed by atoms with E-state index >= 15 is 0 Å². The van der Waals surface area contributed by atoms with Crippen molar-refractivity contribution in [1.29, 1.82) is 0 Å². The Morgan fingerprint density at radius 2 is 1.96 bits per heavy atom. The van der Waals surface area contributed by atoms with Crippen molar-refractivity contribution >= 4 is 18.3 Å². The summed E-state index contributed by atoms with van der Waals surface area (Å²) in [5, 5.41) is 6.47. The SMILES string of the molecule is COc1ccccc1C(NC(=O)CC1COCCN1)c1ccccc1.Cl. The average molecular weight is 377 g/mol. The highest BCUT2D eigenvalue weighted by atomic mass is 35.5. The number of carbonyl (C=O) groups is 1. The van der Waals surface area contributed by atoms with E-state index in [2.05, 4.69) is 10.6 Å². The fraction of sp³-hybridized carbons (Fsp3) is 0.350. The molecule has 1 heterocycles. The van der Waals surface area contributed by atoms with Gasteiger partial charge in [-0.1, -0.05) is 48.5 Å². The Balaban J connectivity index is 0.00000243. The number of halogens is 1. The van der Waals surface area contributed by atoms with Crippen LogP contribution in [-0.2, 0) is 9.53 Å². The summed E-state index contributed by atoms with van der Waals surface area (Å²) in [7, 11) is 1.64. The zero-order valence-corrected chi connectivity index (χ0v) is 15.6. The van der Waals surface area contributed by atoms with E-state index < -0.39 is 0 Å². The van der Waals surface area contributed by atoms with E-state index in [1.807, 2.05) is 54.6 Å². The minimum atomic E-state index is -0.255. The van der Waals surface area contributed by atoms with Crippen molar-refractivity contribution in [3.05, 3.63) is 65.7 Å². The predicted molar refractivity (Wildman–Crippen MR) is 104 cm³/mol. The summed E-state index contributed by atoms with van der Waals surface area (Å²) in [6.45, 7) is 2.05. The normalized spacial score (nSPS) is 17.7. The van der Waals surface area contributed by atoms with Crippen molar-refractivity contribution < 1.29 is 14.3 Å². The van der Waals surface area contributed by atoms with Gasteiger partial charge in [0.1, 0.15) is 5.75 Å². The molecular formula is C20H25ClN2O3. The number of hydrogen-bond donors (Lipinski definition) is 2. The molecule has 2 aromatic rings. The van der Waals surface area contributed by atoms with Crippen LogP contribution in [-0.4, -0.2) is 38.8 Å². The van der Waals surface area contributed by atoms with Crippen LogP contribution in [0.1, 0.15) is 23.6 Å². The fourth-order valence-corrected chi connectivity index (χ4v) is 3.09. The minimum absolute atomic E-state index is 0. The number of rotatable bonds is 6. The van der Waals surface area contributed by atoms with Gasteiger partial charge in [0.2, 0.25) is 5.91 Å². The van der Waals surface area contributed by atoms with Crippen LogP contribution in [0.2, 0.25) is 0 Å². The number of carbonyl (C=O) groups excluding carboxylic acids is 1. The van der Waals surface area contributed by atoms with E-state index in [9.17, 15) is 4.79 Å². The topological polar surface area (TPSA) is 59.6 Å². The number of para-hydroxylation sites is 1. The molecule has 2 N–H and O–H groups in total. The number of hydrogen-bond acceptors (Lipinski definition) is 4. The lowest BCUT2D eigenvalue weighted by Crippen LogP contribution is -2.44. The maximum absolute atomic E-state index is 12.6. The van der Waals surface area contributed by atoms with E-state index in [1.165, 1.54) is 0 Å². The molecule has 0 aromatic heterocycles. The average Bonchev–Trinajstić information content (AvgIpc) is 2.67. The Hall–Kier alpha value is -2.08. The monoisotopic (exact) mass is 376 g/mol. The van der Waals surface area contributed by atoms with Crippen LogP contribution < -0.4 is 15.4 Å². The number of benzene rings is 2. The van der Waals surface area contributed by atoms with Crippen molar-refractivity contribution in [1.82, 2.24) is 10.6 Å². The van der Waals surface area contributed by atoms with Gasteiger partial charge in [0.15, 0.2) is 0 Å². The van der Waals surface area contributed by atoms with Crippen LogP contribution in [0.15, 0.2) is 54.6 Å². The van der Waals surface area contributed by atoms with Crippen LogP contribution >= 0.6 is 12.4 Å². The molecule has 3 rings (SSSR count). The molecule has 1 aliphatic heterocycles. The summed E-state index contributed by atoms with van der Waals surface area (Å²) in [5.41, 5.74) is 1.96. The van der Waals surface area contributed by atoms with Gasteiger partial charge in [-0.2, -0.15) is 0 Å². The van der Waals surface area contributed by atoms with E-state index in [-0.39, 0.29) is 30.4 Å². The van der Waals surface area contributed by atoms with Gasteiger partial charge in [-0.15, -0.1) is 12.4 Å². The largest absolute Gasteiger partial charge is 0.496 e. The molecule has 2 atom stereocenters. The highest BCUT2D eigenvalue weighted by Gasteiger charge is 2.23. The predicted octanol–water partition coefficient (Wildman–Crippen LogP) is 2.70. The lowest BCUT2D eigenvalue weighted by atomic mass is 9.97. The van der Waals surface area contributed by atoms with Crippen LogP contribution in [0.5, 0.6) is 5.75 Å². The van der Waals surface area contributed by atoms with Gasteiger partial charge in [-0.25, -0.2) is 0 Å². The maximum atomic E-state index is 12.6. The summed E-state index contributed by atoms with van der Waals surface area (Å²) in [4.78, 5) is 12.6. The molecule has 1 fully saturated rings. The molecule has 1 aliphatic rings. The Morgan fingerprint density at radius 3 is 2.65 bits per heavy atom. The van der Waals surface area contributed by atoms with Gasteiger partial charge in [0.25, 0.3) is 0 Å². The van der Waals surface area contributed by atoms with E-state index in [1.54, 1.807) is 7.11 Å². The quantitative estimate of drug-likeness (QED) is 0.813. The summed E-state index contributed by atoms with van der Waals surface area (Å²) in [5.74, 6) is 0.749. The molecule has 1 amide bonds. The highest BCUT2D eigenvalue weighted by molar-refractivity contribution is 5.85. The third kappa shape index (κ3) is 5.21. The van der Waals surface area contributed by atoms with Crippen molar-refractivity contribution in [2.24, 2.45) is 0 Å². The molecule has 0 spiro atoms. The van der Waals surface area contributed by atoms with Crippen molar-refractivity contribution in [2.45, 2.75) is 18.5 Å². The Morgan fingerprint density at radius 1 is 1.23 bits per heavy atom. The van der Waals surface area contributed by atoms with Gasteiger partial charge in [-0.3, -0.25) is 4.79 Å². The third-order valence-electron chi connectivity index (χ3n) is 4.32. The zero-order chi connectivity index (χ0) is 17.5. The lowest BCUT2D eigenvalue weighted by Gasteiger charge is -2.26. The van der Waals surface area contributed by atoms with Gasteiger partial charge >= 0.3 is 0 Å². The second-order valence-corrected chi connectivity index (χ2v) is 6.08. The van der Waals surface area contributed by atoms with Crippen molar-refractivity contribution in [3.63, 3.8) is 0 Å². The van der Waals surface area contributed by atoms with Crippen LogP contribution in [0.4, 0.5) is 0 Å². The summed E-state index contributed by atoms with van der Waals surface area (Å²) in [6.07, 6.45) is 0.387. The first-order valence-electron chi connectivity index (χ1n) is 8.56. The van der Waals surface area contributed by atoms with Gasteiger partial charge in [0.05, 0.1) is 26.4 Å². The molecule has 0 radical (unpaired) electrons. The second kappa shape index (κ2) is 10.2. The molecule has 140 valence electrons. The molecule has 5 nitrogen and oxygen atoms in total. The van der Waals surface area contributed by atoms with Crippen LogP contribution in [0.3, 0.4) is 0 Å². The second-order valence-electron chi connectivity index (χ2n) is 6.08. The maximum Gasteiger partial charge on any atom is 0.222 e. The molecule has 1 saturated heterocycles. The molecule has 2 aromatic carbocycles. The number of nitrogens with one attached hydrogen (secondary N) is 2. The van der Waals surface area contributed by atoms with E-state index in [0.717, 1.165) is 23.4 Å². The Labute approximate surface area is 160 Å². The number of ether oxygens (including phenoxy) is 2. The van der Waals surface area contributed by atoms with Crippen LogP contribution in [0, 0.1) is 0 Å². The van der Waals surface area contributed by atoms with Crippen molar-refractivity contribution in [3.8, 4) is 5.75 Å². The zero-order valence-electron chi connectivity index (χ0n) is 14.8. The first kappa shape index (κ1) is 20.2. The van der Waals surface area contributed by atoms with Crippen LogP contribution in [0.25, 0.3) is 0 Å². The number of methoxy groups -OCH3 is 1. The standard InChI is InChI=1S/C20H24N2O3.ClH/c1-24-18-10-6-5-9-17(18)20(15-7-3-2-4-8-15)22-19(23)13-16-14-25-12-11-21-16;/h2-10,16,20-21H,11-14H2,1H3,(H,22,23);1H. The van der Waals surface area contributed by atoms with E-state index in [0.29, 0.717) is 19.6 Å². The van der Waals surface area contributed by atoms with Crippen molar-refractivity contribution in [2.75, 3.05) is 26.9 Å². The molecular weight excluding hydrogens is 352 g/mol. The highest BCUT2D eigenvalue weighted by Crippen LogP contribution is 2.30. The fourth-order valence-electron chi connectivity index (χ4n) is 3.09. The first-order chi connectivity index (χ1) is 12.3. The van der Waals surface area contributed by atoms with Gasteiger partial charge in [0, 0.05) is 24.6 Å². The number of morpholine rings is 1. The molecule has 0 bridgehead atoms. The first-order valence-corrected chi connectivity index (χ1v) is 8.56. The molecule has 2 unspecified atom stereocenters. The lowest BCUT2D eigenvalue weighted by molar-refractivity contribution is -0.122. The molecule has 0 saturated carbocycles. The number of amides is 1. The molecule has 26 heavy (non-hydrogen) atoms. The summed E-state index contributed by atoms with van der Waals surface area (Å²) < 4.78 is 10.9. The molecule has 0 aliphatic carbocycles. The summed E-state index contributed by atoms with van der Waals surface area (Å²) >= 11 is 0. The van der Waals surface area contributed by atoms with E-state index in [4.69, 9.17) is 9.47 Å². The Bertz CT molecular complexity index is 690. The van der Waals surface area contributed by atoms with Gasteiger partial charge in [-0.05, 0) is 11.6 Å². The smallest absolute Gasteiger partial charge is 0.222 e. The third-order valence-corrected chi connectivity index (χ3v) is 4.32. The Kier molecular flexibility index (Phi) is 7.91. The minimum Gasteiger partial charge on any atom is -0.496 e. The summed E-state index contributed by atoms with van der Waals surface area (Å²) in [6, 6.07) is 17.5.